The van der Waals surface area contributed by atoms with Gasteiger partial charge in [-0.3, -0.25) is 14.5 Å². The van der Waals surface area contributed by atoms with Crippen molar-refractivity contribution in [1.82, 2.24) is 14.4 Å². The summed E-state index contributed by atoms with van der Waals surface area (Å²) in [6.07, 6.45) is -0.406. The number of nitrogen functional groups attached to an aromatic ring is 1. The number of anilines is 1. The second-order valence-electron chi connectivity index (χ2n) is 8.67. The van der Waals surface area contributed by atoms with Gasteiger partial charge >= 0.3 is 6.18 Å². The molecule has 2 heterocycles. The van der Waals surface area contributed by atoms with Crippen LogP contribution in [0.4, 0.5) is 23.7 Å². The predicted molar refractivity (Wildman–Crippen MR) is 133 cm³/mol. The molecular weight excluding hydrogens is 477 g/mol. The molecule has 0 spiro atoms. The molecule has 4 rings (SSSR count). The standard InChI is InChI=1S/C25H25F3N4O2S/c1-30(2)9-3-10-32-23(33)22(35-24(32)34)13-16-4-7-21-17(12-16)8-11-31(21)15-18-5-6-19(29)14-20(18)25(26,27)28/h4-8,11-14H,3,9-10,15,29H2,1-2H3/b22-13-. The maximum atomic E-state index is 13.5. The average molecular weight is 503 g/mol. The van der Waals surface area contributed by atoms with Crippen LogP contribution < -0.4 is 5.73 Å². The lowest BCUT2D eigenvalue weighted by molar-refractivity contribution is -0.138. The molecule has 1 aliphatic heterocycles. The van der Waals surface area contributed by atoms with E-state index >= 15 is 0 Å². The van der Waals surface area contributed by atoms with Gasteiger partial charge in [0.2, 0.25) is 0 Å². The van der Waals surface area contributed by atoms with Gasteiger partial charge in [-0.15, -0.1) is 0 Å². The van der Waals surface area contributed by atoms with Crippen LogP contribution in [0.5, 0.6) is 0 Å². The van der Waals surface area contributed by atoms with Crippen molar-refractivity contribution in [3.05, 3.63) is 70.3 Å². The van der Waals surface area contributed by atoms with E-state index in [1.165, 1.54) is 17.0 Å². The molecule has 1 fully saturated rings. The largest absolute Gasteiger partial charge is 0.416 e. The van der Waals surface area contributed by atoms with Crippen molar-refractivity contribution in [3.63, 3.8) is 0 Å². The number of fused-ring (bicyclic) bond motifs is 1. The predicted octanol–water partition coefficient (Wildman–Crippen LogP) is 5.28. The zero-order valence-electron chi connectivity index (χ0n) is 19.3. The first-order chi connectivity index (χ1) is 16.5. The normalized spacial score (nSPS) is 15.8. The van der Waals surface area contributed by atoms with Gasteiger partial charge in [-0.1, -0.05) is 12.1 Å². The van der Waals surface area contributed by atoms with E-state index in [-0.39, 0.29) is 28.9 Å². The van der Waals surface area contributed by atoms with Gasteiger partial charge in [0, 0.05) is 35.9 Å². The summed E-state index contributed by atoms with van der Waals surface area (Å²) in [5, 5.41) is 0.532. The molecule has 0 bridgehead atoms. The number of benzene rings is 2. The molecule has 0 atom stereocenters. The Morgan fingerprint density at radius 2 is 1.86 bits per heavy atom. The number of hydrogen-bond acceptors (Lipinski definition) is 5. The van der Waals surface area contributed by atoms with Crippen molar-refractivity contribution in [2.24, 2.45) is 0 Å². The number of aromatic nitrogens is 1. The average Bonchev–Trinajstić information content (AvgIpc) is 3.29. The van der Waals surface area contributed by atoms with E-state index in [0.29, 0.717) is 17.9 Å². The molecule has 10 heteroatoms. The Hall–Kier alpha value is -3.24. The van der Waals surface area contributed by atoms with Gasteiger partial charge in [-0.2, -0.15) is 13.2 Å². The number of thioether (sulfide) groups is 1. The molecular formula is C25H25F3N4O2S. The summed E-state index contributed by atoms with van der Waals surface area (Å²) >= 11 is 0.916. The topological polar surface area (TPSA) is 71.6 Å². The van der Waals surface area contributed by atoms with Crippen LogP contribution in [0.2, 0.25) is 0 Å². The van der Waals surface area contributed by atoms with Crippen molar-refractivity contribution in [3.8, 4) is 0 Å². The molecule has 6 nitrogen and oxygen atoms in total. The van der Waals surface area contributed by atoms with Gasteiger partial charge in [0.25, 0.3) is 11.1 Å². The lowest BCUT2D eigenvalue weighted by Crippen LogP contribution is -2.31. The summed E-state index contributed by atoms with van der Waals surface area (Å²) < 4.78 is 42.2. The molecule has 0 saturated carbocycles. The number of carbonyl (C=O) groups excluding carboxylic acids is 2. The van der Waals surface area contributed by atoms with Crippen LogP contribution in [0.3, 0.4) is 0 Å². The summed E-state index contributed by atoms with van der Waals surface area (Å²) in [6, 6.07) is 11.0. The smallest absolute Gasteiger partial charge is 0.399 e. The van der Waals surface area contributed by atoms with E-state index in [1.807, 2.05) is 31.1 Å². The Morgan fingerprint density at radius 3 is 2.57 bits per heavy atom. The Labute approximate surface area is 205 Å². The van der Waals surface area contributed by atoms with E-state index in [4.69, 9.17) is 5.73 Å². The van der Waals surface area contributed by atoms with Crippen LogP contribution in [0, 0.1) is 0 Å². The van der Waals surface area contributed by atoms with Crippen LogP contribution in [0.25, 0.3) is 17.0 Å². The third-order valence-electron chi connectivity index (χ3n) is 5.73. The maximum Gasteiger partial charge on any atom is 0.416 e. The van der Waals surface area contributed by atoms with Crippen LogP contribution in [0.15, 0.2) is 53.6 Å². The van der Waals surface area contributed by atoms with Crippen molar-refractivity contribution < 1.29 is 22.8 Å². The fraction of sp³-hybridized carbons (Fsp3) is 0.280. The fourth-order valence-electron chi connectivity index (χ4n) is 4.01. The quantitative estimate of drug-likeness (QED) is 0.352. The van der Waals surface area contributed by atoms with Gasteiger partial charge in [0.1, 0.15) is 0 Å². The second kappa shape index (κ2) is 9.79. The number of rotatable bonds is 7. The number of nitrogens with zero attached hydrogens (tertiary/aromatic N) is 3. The minimum Gasteiger partial charge on any atom is -0.399 e. The molecule has 0 radical (unpaired) electrons. The van der Waals surface area contributed by atoms with Crippen molar-refractivity contribution in [1.29, 1.82) is 0 Å². The summed E-state index contributed by atoms with van der Waals surface area (Å²) in [4.78, 5) is 28.6. The first kappa shape index (κ1) is 24.9. The molecule has 2 N–H and O–H groups in total. The number of nitrogens with two attached hydrogens (primary N) is 1. The van der Waals surface area contributed by atoms with Crippen molar-refractivity contribution >= 4 is 45.6 Å². The summed E-state index contributed by atoms with van der Waals surface area (Å²) in [7, 11) is 3.87. The summed E-state index contributed by atoms with van der Waals surface area (Å²) in [6.45, 7) is 1.17. The van der Waals surface area contributed by atoms with E-state index in [2.05, 4.69) is 0 Å². The van der Waals surface area contributed by atoms with Crippen LogP contribution >= 0.6 is 11.8 Å². The molecule has 1 aromatic heterocycles. The second-order valence-corrected chi connectivity index (χ2v) is 9.66. The van der Waals surface area contributed by atoms with E-state index < -0.39 is 11.7 Å². The lowest BCUT2D eigenvalue weighted by Gasteiger charge is -2.15. The number of alkyl halides is 3. The van der Waals surface area contributed by atoms with Crippen LogP contribution in [-0.4, -0.2) is 52.7 Å². The molecule has 0 unspecified atom stereocenters. The van der Waals surface area contributed by atoms with Crippen molar-refractivity contribution in [2.75, 3.05) is 32.9 Å². The fourth-order valence-corrected chi connectivity index (χ4v) is 4.88. The van der Waals surface area contributed by atoms with E-state index in [0.717, 1.165) is 40.8 Å². The van der Waals surface area contributed by atoms with Gasteiger partial charge in [-0.05, 0) is 86.4 Å². The van der Waals surface area contributed by atoms with Gasteiger partial charge < -0.3 is 15.2 Å². The third-order valence-corrected chi connectivity index (χ3v) is 6.64. The molecule has 2 aromatic carbocycles. The Balaban J connectivity index is 1.55. The molecule has 35 heavy (non-hydrogen) atoms. The highest BCUT2D eigenvalue weighted by atomic mass is 32.2. The zero-order chi connectivity index (χ0) is 25.3. The highest BCUT2D eigenvalue weighted by Crippen LogP contribution is 2.35. The van der Waals surface area contributed by atoms with Crippen LogP contribution in [-0.2, 0) is 17.5 Å². The SMILES string of the molecule is CN(C)CCCN1C(=O)S/C(=C\c2ccc3c(ccn3Cc3ccc(N)cc3C(F)(F)F)c2)C1=O. The minimum atomic E-state index is -4.50. The molecule has 3 aromatic rings. The Bertz CT molecular complexity index is 1310. The number of imide groups is 1. The number of amides is 2. The molecule has 2 amide bonds. The molecule has 0 aliphatic carbocycles. The molecule has 1 aliphatic rings. The van der Waals surface area contributed by atoms with Crippen LogP contribution in [0.1, 0.15) is 23.1 Å². The molecule has 1 saturated heterocycles. The number of carbonyl (C=O) groups is 2. The highest BCUT2D eigenvalue weighted by molar-refractivity contribution is 8.18. The third kappa shape index (κ3) is 5.54. The zero-order valence-corrected chi connectivity index (χ0v) is 20.1. The maximum absolute atomic E-state index is 13.5. The van der Waals surface area contributed by atoms with E-state index in [9.17, 15) is 22.8 Å². The molecule has 184 valence electrons. The van der Waals surface area contributed by atoms with Gasteiger partial charge in [0.15, 0.2) is 0 Å². The minimum absolute atomic E-state index is 0.0316. The van der Waals surface area contributed by atoms with E-state index in [1.54, 1.807) is 29.0 Å². The Morgan fingerprint density at radius 1 is 1.09 bits per heavy atom. The first-order valence-electron chi connectivity index (χ1n) is 11.0. The highest BCUT2D eigenvalue weighted by Gasteiger charge is 2.35. The first-order valence-corrected chi connectivity index (χ1v) is 11.8. The number of halogens is 3. The number of hydrogen-bond donors (Lipinski definition) is 1. The van der Waals surface area contributed by atoms with Gasteiger partial charge in [0.05, 0.1) is 10.5 Å². The van der Waals surface area contributed by atoms with Crippen molar-refractivity contribution in [2.45, 2.75) is 19.1 Å². The monoisotopic (exact) mass is 502 g/mol. The lowest BCUT2D eigenvalue weighted by atomic mass is 10.1. The summed E-state index contributed by atoms with van der Waals surface area (Å²) in [5.41, 5.74) is 6.49. The Kier molecular flexibility index (Phi) is 6.95. The summed E-state index contributed by atoms with van der Waals surface area (Å²) in [5.74, 6) is -0.306. The van der Waals surface area contributed by atoms with Gasteiger partial charge in [-0.25, -0.2) is 0 Å².